The Kier molecular flexibility index (Phi) is 4.38. The molecule has 1 fully saturated rings. The van der Waals surface area contributed by atoms with E-state index < -0.39 is 4.92 Å². The van der Waals surface area contributed by atoms with Gasteiger partial charge in [0, 0.05) is 28.8 Å². The molecule has 102 valence electrons. The maximum atomic E-state index is 12.4. The van der Waals surface area contributed by atoms with Crippen molar-refractivity contribution in [2.24, 2.45) is 5.92 Å². The average Bonchev–Trinajstić information content (AvgIpc) is 2.39. The highest BCUT2D eigenvalue weighted by Gasteiger charge is 2.24. The second kappa shape index (κ2) is 5.85. The third kappa shape index (κ3) is 3.23. The van der Waals surface area contributed by atoms with E-state index in [0.29, 0.717) is 11.5 Å². The normalized spacial score (nSPS) is 16.4. The lowest BCUT2D eigenvalue weighted by Gasteiger charge is -2.30. The van der Waals surface area contributed by atoms with Crippen molar-refractivity contribution < 1.29 is 9.72 Å². The molecule has 0 spiro atoms. The highest BCUT2D eigenvalue weighted by atomic mass is 127. The highest BCUT2D eigenvalue weighted by molar-refractivity contribution is 14.1. The van der Waals surface area contributed by atoms with Crippen LogP contribution in [0, 0.1) is 19.6 Å². The zero-order valence-corrected chi connectivity index (χ0v) is 12.8. The van der Waals surface area contributed by atoms with Gasteiger partial charge in [-0.05, 0) is 47.4 Å². The molecule has 0 bridgehead atoms. The first kappa shape index (κ1) is 14.2. The van der Waals surface area contributed by atoms with E-state index in [0.717, 1.165) is 29.5 Å². The van der Waals surface area contributed by atoms with Crippen LogP contribution < -0.4 is 0 Å². The number of rotatable bonds is 2. The summed E-state index contributed by atoms with van der Waals surface area (Å²) in [4.78, 5) is 24.5. The third-order valence-corrected chi connectivity index (χ3v) is 4.40. The Morgan fingerprint density at radius 1 is 1.42 bits per heavy atom. The first-order chi connectivity index (χ1) is 8.99. The van der Waals surface area contributed by atoms with Gasteiger partial charge in [-0.3, -0.25) is 14.9 Å². The molecule has 1 amide bonds. The van der Waals surface area contributed by atoms with E-state index in [-0.39, 0.29) is 11.6 Å². The van der Waals surface area contributed by atoms with Crippen molar-refractivity contribution in [2.75, 3.05) is 13.1 Å². The van der Waals surface area contributed by atoms with Gasteiger partial charge >= 0.3 is 0 Å². The van der Waals surface area contributed by atoms with Gasteiger partial charge in [0.1, 0.15) is 0 Å². The number of benzene rings is 1. The number of halogens is 1. The predicted molar refractivity (Wildman–Crippen MR) is 80.1 cm³/mol. The molecule has 1 aliphatic rings. The van der Waals surface area contributed by atoms with E-state index in [1.165, 1.54) is 12.1 Å². The Morgan fingerprint density at radius 2 is 2.05 bits per heavy atom. The van der Waals surface area contributed by atoms with E-state index in [1.807, 2.05) is 22.6 Å². The highest BCUT2D eigenvalue weighted by Crippen LogP contribution is 2.23. The van der Waals surface area contributed by atoms with Crippen LogP contribution >= 0.6 is 22.6 Å². The first-order valence-electron chi connectivity index (χ1n) is 6.22. The van der Waals surface area contributed by atoms with Crippen molar-refractivity contribution >= 4 is 34.2 Å². The second-order valence-electron chi connectivity index (χ2n) is 4.90. The van der Waals surface area contributed by atoms with Crippen LogP contribution in [0.3, 0.4) is 0 Å². The molecule has 0 N–H and O–H groups in total. The van der Waals surface area contributed by atoms with E-state index in [1.54, 1.807) is 11.0 Å². The number of hydrogen-bond donors (Lipinski definition) is 0. The molecule has 1 aromatic rings. The number of carbonyl (C=O) groups excluding carboxylic acids is 1. The monoisotopic (exact) mass is 374 g/mol. The maximum absolute atomic E-state index is 12.4. The summed E-state index contributed by atoms with van der Waals surface area (Å²) in [6.07, 6.45) is 1.99. The minimum Gasteiger partial charge on any atom is -0.339 e. The predicted octanol–water partition coefficient (Wildman–Crippen LogP) is 3.07. The molecule has 0 radical (unpaired) electrons. The number of likely N-dealkylation sites (tertiary alicyclic amines) is 1. The lowest BCUT2D eigenvalue weighted by Crippen LogP contribution is -2.38. The number of nitro benzene ring substituents is 1. The largest absolute Gasteiger partial charge is 0.339 e. The lowest BCUT2D eigenvalue weighted by molar-refractivity contribution is -0.384. The summed E-state index contributed by atoms with van der Waals surface area (Å²) < 4.78 is 0.756. The molecule has 2 rings (SSSR count). The van der Waals surface area contributed by atoms with Crippen LogP contribution in [0.5, 0.6) is 0 Å². The Labute approximate surface area is 125 Å². The molecule has 0 saturated carbocycles. The number of non-ortho nitro benzene ring substituents is 1. The van der Waals surface area contributed by atoms with Crippen molar-refractivity contribution in [1.82, 2.24) is 4.90 Å². The number of piperidine rings is 1. The van der Waals surface area contributed by atoms with E-state index >= 15 is 0 Å². The van der Waals surface area contributed by atoms with Gasteiger partial charge in [-0.25, -0.2) is 0 Å². The van der Waals surface area contributed by atoms with Crippen LogP contribution in [-0.2, 0) is 0 Å². The summed E-state index contributed by atoms with van der Waals surface area (Å²) in [5.74, 6) is 0.549. The molecule has 6 heteroatoms. The first-order valence-corrected chi connectivity index (χ1v) is 7.30. The number of amides is 1. The van der Waals surface area contributed by atoms with Crippen LogP contribution in [0.1, 0.15) is 30.1 Å². The van der Waals surface area contributed by atoms with Crippen LogP contribution in [-0.4, -0.2) is 28.8 Å². The van der Waals surface area contributed by atoms with Gasteiger partial charge in [0.25, 0.3) is 11.6 Å². The van der Waals surface area contributed by atoms with Crippen molar-refractivity contribution in [3.8, 4) is 0 Å². The number of nitrogens with zero attached hydrogens (tertiary/aromatic N) is 2. The topological polar surface area (TPSA) is 63.5 Å². The smallest absolute Gasteiger partial charge is 0.270 e. The maximum Gasteiger partial charge on any atom is 0.270 e. The van der Waals surface area contributed by atoms with Gasteiger partial charge in [0.05, 0.1) is 10.5 Å². The summed E-state index contributed by atoms with van der Waals surface area (Å²) in [6.45, 7) is 3.65. The van der Waals surface area contributed by atoms with Crippen LogP contribution in [0.4, 0.5) is 5.69 Å². The Bertz CT molecular complexity index is 511. The average molecular weight is 374 g/mol. The Hall–Kier alpha value is -1.18. The summed E-state index contributed by atoms with van der Waals surface area (Å²) in [5, 5.41) is 10.8. The molecule has 0 atom stereocenters. The zero-order valence-electron chi connectivity index (χ0n) is 10.6. The fourth-order valence-electron chi connectivity index (χ4n) is 2.17. The van der Waals surface area contributed by atoms with Crippen LogP contribution in [0.25, 0.3) is 0 Å². The molecule has 0 aliphatic carbocycles. The van der Waals surface area contributed by atoms with E-state index in [9.17, 15) is 14.9 Å². The molecule has 19 heavy (non-hydrogen) atoms. The van der Waals surface area contributed by atoms with Crippen LogP contribution in [0.2, 0.25) is 0 Å². The second-order valence-corrected chi connectivity index (χ2v) is 6.06. The fourth-order valence-corrected chi connectivity index (χ4v) is 2.74. The van der Waals surface area contributed by atoms with Crippen molar-refractivity contribution in [3.05, 3.63) is 37.4 Å². The van der Waals surface area contributed by atoms with Crippen molar-refractivity contribution in [3.63, 3.8) is 0 Å². The Balaban J connectivity index is 2.23. The van der Waals surface area contributed by atoms with Gasteiger partial charge in [-0.2, -0.15) is 0 Å². The molecular weight excluding hydrogens is 359 g/mol. The Morgan fingerprint density at radius 3 is 2.63 bits per heavy atom. The third-order valence-electron chi connectivity index (χ3n) is 3.46. The molecule has 1 saturated heterocycles. The van der Waals surface area contributed by atoms with Crippen molar-refractivity contribution in [1.29, 1.82) is 0 Å². The molecule has 1 aromatic carbocycles. The van der Waals surface area contributed by atoms with Gasteiger partial charge in [-0.1, -0.05) is 6.92 Å². The van der Waals surface area contributed by atoms with E-state index in [4.69, 9.17) is 0 Å². The number of carbonyl (C=O) groups is 1. The molecular formula is C13H15IN2O3. The fraction of sp³-hybridized carbons (Fsp3) is 0.462. The lowest BCUT2D eigenvalue weighted by atomic mass is 9.98. The van der Waals surface area contributed by atoms with Gasteiger partial charge in [0.2, 0.25) is 0 Å². The molecule has 5 nitrogen and oxygen atoms in total. The summed E-state index contributed by atoms with van der Waals surface area (Å²) in [7, 11) is 0. The quantitative estimate of drug-likeness (QED) is 0.454. The SMILES string of the molecule is CC1CCN(C(=O)c2cc([N+](=O)[O-])ccc2I)CC1. The van der Waals surface area contributed by atoms with Gasteiger partial charge in [0.15, 0.2) is 0 Å². The molecule has 0 aromatic heterocycles. The molecule has 1 aliphatic heterocycles. The van der Waals surface area contributed by atoms with E-state index in [2.05, 4.69) is 6.92 Å². The van der Waals surface area contributed by atoms with Crippen molar-refractivity contribution in [2.45, 2.75) is 19.8 Å². The summed E-state index contributed by atoms with van der Waals surface area (Å²) >= 11 is 2.05. The van der Waals surface area contributed by atoms with Crippen LogP contribution in [0.15, 0.2) is 18.2 Å². The number of hydrogen-bond acceptors (Lipinski definition) is 3. The van der Waals surface area contributed by atoms with Gasteiger partial charge < -0.3 is 4.90 Å². The zero-order chi connectivity index (χ0) is 14.0. The van der Waals surface area contributed by atoms with Gasteiger partial charge in [-0.15, -0.1) is 0 Å². The molecule has 1 heterocycles. The number of nitro groups is 1. The standard InChI is InChI=1S/C13H15IN2O3/c1-9-4-6-15(7-5-9)13(17)11-8-10(16(18)19)2-3-12(11)14/h2-3,8-9H,4-7H2,1H3. The minimum absolute atomic E-state index is 0.0332. The summed E-state index contributed by atoms with van der Waals surface area (Å²) in [5.41, 5.74) is 0.401. The summed E-state index contributed by atoms with van der Waals surface area (Å²) in [6, 6.07) is 4.43. The minimum atomic E-state index is -0.467. The molecule has 0 unspecified atom stereocenters.